The summed E-state index contributed by atoms with van der Waals surface area (Å²) in [5, 5.41) is 3.73. The summed E-state index contributed by atoms with van der Waals surface area (Å²) in [6, 6.07) is 11.7. The van der Waals surface area contributed by atoms with Crippen LogP contribution in [0.5, 0.6) is 0 Å². The highest BCUT2D eigenvalue weighted by Gasteiger charge is 2.22. The predicted molar refractivity (Wildman–Crippen MR) is 123 cm³/mol. The normalized spacial score (nSPS) is 15.1. The van der Waals surface area contributed by atoms with E-state index in [0.717, 1.165) is 59.4 Å². The molecule has 2 aromatic carbocycles. The van der Waals surface area contributed by atoms with Crippen molar-refractivity contribution in [3.05, 3.63) is 59.2 Å². The van der Waals surface area contributed by atoms with Gasteiger partial charge in [-0.15, -0.1) is 11.3 Å². The molecule has 1 saturated heterocycles. The molecule has 0 aliphatic carbocycles. The summed E-state index contributed by atoms with van der Waals surface area (Å²) in [7, 11) is -2.38. The molecule has 0 saturated carbocycles. The van der Waals surface area contributed by atoms with Crippen LogP contribution in [0.15, 0.2) is 53.4 Å². The maximum Gasteiger partial charge on any atom is 0.264 e. The number of hydrogen-bond acceptors (Lipinski definition) is 6. The number of benzene rings is 2. The van der Waals surface area contributed by atoms with E-state index in [0.29, 0.717) is 17.1 Å². The fraction of sp³-hybridized carbons (Fsp3) is 0.318. The molecule has 0 unspecified atom stereocenters. The zero-order chi connectivity index (χ0) is 22.7. The first-order valence-electron chi connectivity index (χ1n) is 10.2. The number of ether oxygens (including phenoxy) is 1. The van der Waals surface area contributed by atoms with Gasteiger partial charge in [0.2, 0.25) is 0 Å². The molecule has 4 rings (SSSR count). The molecular formula is C22H24FN3O4S2. The van der Waals surface area contributed by atoms with Gasteiger partial charge in [0.1, 0.15) is 5.82 Å². The summed E-state index contributed by atoms with van der Waals surface area (Å²) in [6.45, 7) is 4.51. The second-order valence-electron chi connectivity index (χ2n) is 7.47. The van der Waals surface area contributed by atoms with Crippen LogP contribution in [0.3, 0.4) is 0 Å². The van der Waals surface area contributed by atoms with Crippen LogP contribution >= 0.6 is 11.3 Å². The summed E-state index contributed by atoms with van der Waals surface area (Å²) in [4.78, 5) is 15.4. The molecule has 0 spiro atoms. The first-order valence-corrected chi connectivity index (χ1v) is 12.5. The third-order valence-electron chi connectivity index (χ3n) is 5.38. The number of nitrogens with zero attached hydrogens (tertiary/aromatic N) is 2. The third kappa shape index (κ3) is 4.93. The summed E-state index contributed by atoms with van der Waals surface area (Å²) in [5.41, 5.74) is 0.457. The molecule has 170 valence electrons. The quantitative estimate of drug-likeness (QED) is 0.566. The molecule has 1 N–H and O–H groups in total. The Morgan fingerprint density at radius 1 is 1.16 bits per heavy atom. The van der Waals surface area contributed by atoms with Gasteiger partial charge in [0.25, 0.3) is 15.9 Å². The minimum absolute atomic E-state index is 0.00662. The van der Waals surface area contributed by atoms with Gasteiger partial charge in [-0.3, -0.25) is 14.0 Å². The van der Waals surface area contributed by atoms with Crippen LogP contribution in [-0.2, 0) is 14.8 Å². The van der Waals surface area contributed by atoms with Crippen LogP contribution in [0.4, 0.5) is 10.1 Å². The average molecular weight is 478 g/mol. The number of thiophene rings is 1. The van der Waals surface area contributed by atoms with Gasteiger partial charge in [-0.05, 0) is 53.9 Å². The SMILES string of the molecule is CN(c1ccc2sc(C(=O)NCCN3CCOCC3)cc2c1)S(=O)(=O)c1ccc(F)cc1. The van der Waals surface area contributed by atoms with Crippen molar-refractivity contribution >= 4 is 43.0 Å². The van der Waals surface area contributed by atoms with E-state index in [1.807, 2.05) is 0 Å². The van der Waals surface area contributed by atoms with Gasteiger partial charge in [0.15, 0.2) is 0 Å². The smallest absolute Gasteiger partial charge is 0.264 e. The highest BCUT2D eigenvalue weighted by Crippen LogP contribution is 2.31. The van der Waals surface area contributed by atoms with Crippen LogP contribution < -0.4 is 9.62 Å². The number of fused-ring (bicyclic) bond motifs is 1. The minimum atomic E-state index is -3.83. The lowest BCUT2D eigenvalue weighted by Crippen LogP contribution is -2.41. The van der Waals surface area contributed by atoms with Crippen molar-refractivity contribution < 1.29 is 22.3 Å². The van der Waals surface area contributed by atoms with E-state index in [2.05, 4.69) is 10.2 Å². The molecule has 0 bridgehead atoms. The van der Waals surface area contributed by atoms with E-state index < -0.39 is 15.8 Å². The number of sulfonamides is 1. The monoisotopic (exact) mass is 477 g/mol. The van der Waals surface area contributed by atoms with Crippen molar-refractivity contribution in [2.45, 2.75) is 4.90 Å². The molecule has 1 amide bonds. The lowest BCUT2D eigenvalue weighted by molar-refractivity contribution is 0.0383. The van der Waals surface area contributed by atoms with Gasteiger partial charge in [0, 0.05) is 37.9 Å². The zero-order valence-corrected chi connectivity index (χ0v) is 19.2. The zero-order valence-electron chi connectivity index (χ0n) is 17.6. The van der Waals surface area contributed by atoms with Gasteiger partial charge in [-0.25, -0.2) is 12.8 Å². The van der Waals surface area contributed by atoms with Gasteiger partial charge in [-0.2, -0.15) is 0 Å². The van der Waals surface area contributed by atoms with E-state index in [1.165, 1.54) is 30.5 Å². The Labute approximate surface area is 190 Å². The summed E-state index contributed by atoms with van der Waals surface area (Å²) in [6.07, 6.45) is 0. The fourth-order valence-electron chi connectivity index (χ4n) is 3.48. The first kappa shape index (κ1) is 22.7. The number of morpholine rings is 1. The number of nitrogens with one attached hydrogen (secondary N) is 1. The Morgan fingerprint density at radius 3 is 2.59 bits per heavy atom. The summed E-state index contributed by atoms with van der Waals surface area (Å²) in [5.74, 6) is -0.643. The summed E-state index contributed by atoms with van der Waals surface area (Å²) < 4.78 is 46.3. The molecule has 1 aliphatic rings. The largest absolute Gasteiger partial charge is 0.379 e. The molecule has 7 nitrogen and oxygen atoms in total. The lowest BCUT2D eigenvalue weighted by atomic mass is 10.2. The second-order valence-corrected chi connectivity index (χ2v) is 10.5. The molecule has 32 heavy (non-hydrogen) atoms. The molecule has 1 aliphatic heterocycles. The molecular weight excluding hydrogens is 453 g/mol. The van der Waals surface area contributed by atoms with Gasteiger partial charge < -0.3 is 10.1 Å². The van der Waals surface area contributed by atoms with Crippen LogP contribution in [0, 0.1) is 5.82 Å². The fourth-order valence-corrected chi connectivity index (χ4v) is 5.63. The molecule has 3 aromatic rings. The third-order valence-corrected chi connectivity index (χ3v) is 8.29. The van der Waals surface area contributed by atoms with Crippen LogP contribution in [0.2, 0.25) is 0 Å². The van der Waals surface area contributed by atoms with Crippen molar-refractivity contribution in [1.82, 2.24) is 10.2 Å². The predicted octanol–water partition coefficient (Wildman–Crippen LogP) is 2.93. The summed E-state index contributed by atoms with van der Waals surface area (Å²) >= 11 is 1.36. The van der Waals surface area contributed by atoms with E-state index in [1.54, 1.807) is 24.3 Å². The highest BCUT2D eigenvalue weighted by atomic mass is 32.2. The van der Waals surface area contributed by atoms with Gasteiger partial charge in [-0.1, -0.05) is 0 Å². The molecule has 1 fully saturated rings. The van der Waals surface area contributed by atoms with Crippen molar-refractivity contribution in [3.8, 4) is 0 Å². The van der Waals surface area contributed by atoms with E-state index in [4.69, 9.17) is 4.74 Å². The van der Waals surface area contributed by atoms with Crippen molar-refractivity contribution in [2.24, 2.45) is 0 Å². The van der Waals surface area contributed by atoms with Crippen LogP contribution in [-0.4, -0.2) is 65.7 Å². The molecule has 0 atom stereocenters. The maximum atomic E-state index is 13.2. The number of anilines is 1. The number of rotatable bonds is 7. The molecule has 1 aromatic heterocycles. The number of carbonyl (C=O) groups is 1. The average Bonchev–Trinajstić information content (AvgIpc) is 3.23. The van der Waals surface area contributed by atoms with E-state index >= 15 is 0 Å². The van der Waals surface area contributed by atoms with Crippen molar-refractivity contribution in [1.29, 1.82) is 0 Å². The van der Waals surface area contributed by atoms with Crippen molar-refractivity contribution in [3.63, 3.8) is 0 Å². The molecule has 0 radical (unpaired) electrons. The highest BCUT2D eigenvalue weighted by molar-refractivity contribution is 7.92. The van der Waals surface area contributed by atoms with Gasteiger partial charge in [0.05, 0.1) is 28.7 Å². The van der Waals surface area contributed by atoms with Crippen LogP contribution in [0.1, 0.15) is 9.67 Å². The molecule has 10 heteroatoms. The number of halogens is 1. The standard InChI is InChI=1S/C22H24FN3O4S2/c1-25(32(28,29)19-5-2-17(23)3-6-19)18-4-7-20-16(14-18)15-21(31-20)22(27)24-8-9-26-10-12-30-13-11-26/h2-7,14-15H,8-13H2,1H3,(H,24,27). The molecule has 2 heterocycles. The van der Waals surface area contributed by atoms with E-state index in [9.17, 15) is 17.6 Å². The minimum Gasteiger partial charge on any atom is -0.379 e. The van der Waals surface area contributed by atoms with Gasteiger partial charge >= 0.3 is 0 Å². The Kier molecular flexibility index (Phi) is 6.75. The topological polar surface area (TPSA) is 79.0 Å². The Morgan fingerprint density at radius 2 is 1.88 bits per heavy atom. The first-order chi connectivity index (χ1) is 15.3. The Hall–Kier alpha value is -2.53. The number of amides is 1. The van der Waals surface area contributed by atoms with Crippen LogP contribution in [0.25, 0.3) is 10.1 Å². The Balaban J connectivity index is 1.46. The van der Waals surface area contributed by atoms with E-state index in [-0.39, 0.29) is 10.8 Å². The number of carbonyl (C=O) groups excluding carboxylic acids is 1. The van der Waals surface area contributed by atoms with Crippen molar-refractivity contribution in [2.75, 3.05) is 50.7 Å². The lowest BCUT2D eigenvalue weighted by Gasteiger charge is -2.26. The number of hydrogen-bond donors (Lipinski definition) is 1. The Bertz CT molecular complexity index is 1210. The second kappa shape index (κ2) is 9.53. The maximum absolute atomic E-state index is 13.2.